The first-order valence-electron chi connectivity index (χ1n) is 5.46. The van der Waals surface area contributed by atoms with Crippen molar-refractivity contribution < 1.29 is 4.39 Å². The van der Waals surface area contributed by atoms with Crippen LogP contribution in [0.5, 0.6) is 0 Å². The molecule has 90 valence electrons. The van der Waals surface area contributed by atoms with Gasteiger partial charge in [-0.15, -0.1) is 0 Å². The number of halogens is 1. The molecule has 0 amide bonds. The number of rotatable bonds is 6. The Balaban J connectivity index is 2.77. The molecule has 6 heteroatoms. The van der Waals surface area contributed by atoms with Crippen molar-refractivity contribution in [1.82, 2.24) is 9.97 Å². The molecule has 1 aromatic heterocycles. The van der Waals surface area contributed by atoms with Crippen LogP contribution in [0.4, 0.5) is 16.2 Å². The molecule has 0 aliphatic heterocycles. The van der Waals surface area contributed by atoms with Crippen LogP contribution in [-0.4, -0.2) is 16.0 Å². The number of nitrogens with one attached hydrogen (secondary N) is 2. The first-order valence-corrected chi connectivity index (χ1v) is 5.46. The number of nitrogen functional groups attached to an aromatic ring is 1. The van der Waals surface area contributed by atoms with Gasteiger partial charge >= 0.3 is 0 Å². The molecule has 1 atom stereocenters. The van der Waals surface area contributed by atoms with Crippen molar-refractivity contribution in [3.05, 3.63) is 12.0 Å². The molecule has 1 heterocycles. The normalized spacial score (nSPS) is 12.2. The third-order valence-electron chi connectivity index (χ3n) is 2.34. The van der Waals surface area contributed by atoms with Crippen molar-refractivity contribution in [2.24, 2.45) is 5.84 Å². The quantitative estimate of drug-likeness (QED) is 0.511. The van der Waals surface area contributed by atoms with Gasteiger partial charge in [0.15, 0.2) is 11.6 Å². The topological polar surface area (TPSA) is 75.9 Å². The summed E-state index contributed by atoms with van der Waals surface area (Å²) in [6, 6.07) is 0.222. The molecular weight excluding hydrogens is 209 g/mol. The van der Waals surface area contributed by atoms with Gasteiger partial charge in [0.2, 0.25) is 5.95 Å². The Morgan fingerprint density at radius 2 is 2.25 bits per heavy atom. The first-order chi connectivity index (χ1) is 7.71. The number of aromatic nitrogens is 2. The molecule has 0 bridgehead atoms. The van der Waals surface area contributed by atoms with Gasteiger partial charge in [-0.05, 0) is 12.8 Å². The number of nitrogens with two attached hydrogens (primary N) is 1. The minimum Gasteiger partial charge on any atom is -0.365 e. The van der Waals surface area contributed by atoms with Crippen molar-refractivity contribution in [2.75, 3.05) is 10.7 Å². The summed E-state index contributed by atoms with van der Waals surface area (Å²) in [4.78, 5) is 7.60. The predicted octanol–water partition coefficient (Wildman–Crippen LogP) is 1.89. The second-order valence-corrected chi connectivity index (χ2v) is 3.57. The van der Waals surface area contributed by atoms with Gasteiger partial charge in [-0.3, -0.25) is 5.43 Å². The van der Waals surface area contributed by atoms with E-state index in [9.17, 15) is 4.39 Å². The molecule has 0 aliphatic rings. The van der Waals surface area contributed by atoms with E-state index in [2.05, 4.69) is 34.6 Å². The van der Waals surface area contributed by atoms with Gasteiger partial charge in [-0.2, -0.15) is 4.98 Å². The smallest absolute Gasteiger partial charge is 0.239 e. The van der Waals surface area contributed by atoms with E-state index in [4.69, 9.17) is 5.84 Å². The molecule has 5 nitrogen and oxygen atoms in total. The molecule has 0 aliphatic carbocycles. The fourth-order valence-corrected chi connectivity index (χ4v) is 1.46. The molecule has 16 heavy (non-hydrogen) atoms. The van der Waals surface area contributed by atoms with E-state index < -0.39 is 5.82 Å². The summed E-state index contributed by atoms with van der Waals surface area (Å²) in [5, 5.41) is 3.05. The highest BCUT2D eigenvalue weighted by molar-refractivity contribution is 5.41. The van der Waals surface area contributed by atoms with E-state index in [0.29, 0.717) is 0 Å². The Morgan fingerprint density at radius 3 is 2.81 bits per heavy atom. The summed E-state index contributed by atoms with van der Waals surface area (Å²) in [7, 11) is 0. The van der Waals surface area contributed by atoms with Crippen LogP contribution in [0.25, 0.3) is 0 Å². The molecule has 1 unspecified atom stereocenters. The van der Waals surface area contributed by atoms with Gasteiger partial charge in [0.1, 0.15) is 0 Å². The SMILES string of the molecule is CCCC(CC)Nc1nc(NN)ncc1F. The zero-order chi connectivity index (χ0) is 12.0. The maximum Gasteiger partial charge on any atom is 0.239 e. The Hall–Kier alpha value is -1.43. The minimum absolute atomic E-state index is 0.197. The number of nitrogens with zero attached hydrogens (tertiary/aromatic N) is 2. The molecule has 0 fully saturated rings. The molecule has 0 aromatic carbocycles. The molecule has 0 saturated carbocycles. The fraction of sp³-hybridized carbons (Fsp3) is 0.600. The third-order valence-corrected chi connectivity index (χ3v) is 2.34. The number of hydrazine groups is 1. The van der Waals surface area contributed by atoms with Gasteiger partial charge < -0.3 is 5.32 Å². The van der Waals surface area contributed by atoms with Gasteiger partial charge in [0, 0.05) is 6.04 Å². The molecule has 1 aromatic rings. The van der Waals surface area contributed by atoms with Crippen LogP contribution in [0.3, 0.4) is 0 Å². The molecule has 0 saturated heterocycles. The van der Waals surface area contributed by atoms with Crippen molar-refractivity contribution in [3.63, 3.8) is 0 Å². The lowest BCUT2D eigenvalue weighted by Crippen LogP contribution is -2.21. The van der Waals surface area contributed by atoms with Crippen molar-refractivity contribution in [3.8, 4) is 0 Å². The number of hydrogen-bond donors (Lipinski definition) is 3. The van der Waals surface area contributed by atoms with Crippen LogP contribution in [-0.2, 0) is 0 Å². The Morgan fingerprint density at radius 1 is 1.50 bits per heavy atom. The van der Waals surface area contributed by atoms with Crippen LogP contribution in [0, 0.1) is 5.82 Å². The molecular formula is C10H18FN5. The van der Waals surface area contributed by atoms with E-state index in [0.717, 1.165) is 25.5 Å². The van der Waals surface area contributed by atoms with Crippen molar-refractivity contribution >= 4 is 11.8 Å². The fourth-order valence-electron chi connectivity index (χ4n) is 1.46. The maximum atomic E-state index is 13.4. The largest absolute Gasteiger partial charge is 0.365 e. The van der Waals surface area contributed by atoms with E-state index in [1.54, 1.807) is 0 Å². The second kappa shape index (κ2) is 6.22. The zero-order valence-electron chi connectivity index (χ0n) is 9.63. The standard InChI is InChI=1S/C10H18FN5/c1-3-5-7(4-2)14-9-8(11)6-13-10(15-9)16-12/h6-7H,3-5,12H2,1-2H3,(H2,13,14,15,16). The second-order valence-electron chi connectivity index (χ2n) is 3.57. The lowest BCUT2D eigenvalue weighted by molar-refractivity contribution is 0.589. The lowest BCUT2D eigenvalue weighted by Gasteiger charge is -2.17. The van der Waals surface area contributed by atoms with Crippen molar-refractivity contribution in [1.29, 1.82) is 0 Å². The molecule has 1 rings (SSSR count). The van der Waals surface area contributed by atoms with Crippen LogP contribution in [0.1, 0.15) is 33.1 Å². The monoisotopic (exact) mass is 227 g/mol. The highest BCUT2D eigenvalue weighted by Crippen LogP contribution is 2.15. The molecule has 0 radical (unpaired) electrons. The Bertz CT molecular complexity index is 331. The summed E-state index contributed by atoms with van der Waals surface area (Å²) in [5.41, 5.74) is 2.29. The average molecular weight is 227 g/mol. The Kier molecular flexibility index (Phi) is 4.91. The summed E-state index contributed by atoms with van der Waals surface area (Å²) in [6.45, 7) is 4.14. The van der Waals surface area contributed by atoms with E-state index in [1.807, 2.05) is 0 Å². The van der Waals surface area contributed by atoms with E-state index in [1.165, 1.54) is 0 Å². The minimum atomic E-state index is -0.464. The summed E-state index contributed by atoms with van der Waals surface area (Å²) in [5.74, 6) is 5.10. The first kappa shape index (κ1) is 12.6. The maximum absolute atomic E-state index is 13.4. The van der Waals surface area contributed by atoms with Crippen molar-refractivity contribution in [2.45, 2.75) is 39.2 Å². The van der Waals surface area contributed by atoms with Crippen LogP contribution in [0.2, 0.25) is 0 Å². The number of anilines is 2. The van der Waals surface area contributed by atoms with Crippen LogP contribution >= 0.6 is 0 Å². The van der Waals surface area contributed by atoms with Gasteiger partial charge in [-0.25, -0.2) is 15.2 Å². The molecule has 4 N–H and O–H groups in total. The Labute approximate surface area is 94.6 Å². The van der Waals surface area contributed by atoms with E-state index >= 15 is 0 Å². The molecule has 0 spiro atoms. The predicted molar refractivity (Wildman–Crippen MR) is 62.4 cm³/mol. The van der Waals surface area contributed by atoms with Gasteiger partial charge in [0.05, 0.1) is 6.20 Å². The van der Waals surface area contributed by atoms with Crippen LogP contribution in [0.15, 0.2) is 6.20 Å². The number of hydrogen-bond acceptors (Lipinski definition) is 5. The summed E-state index contributed by atoms with van der Waals surface area (Å²) >= 11 is 0. The highest BCUT2D eigenvalue weighted by atomic mass is 19.1. The third kappa shape index (κ3) is 3.30. The lowest BCUT2D eigenvalue weighted by atomic mass is 10.1. The van der Waals surface area contributed by atoms with E-state index in [-0.39, 0.29) is 17.8 Å². The average Bonchev–Trinajstić information content (AvgIpc) is 2.31. The van der Waals surface area contributed by atoms with Gasteiger partial charge in [-0.1, -0.05) is 20.3 Å². The highest BCUT2D eigenvalue weighted by Gasteiger charge is 2.11. The van der Waals surface area contributed by atoms with Crippen LogP contribution < -0.4 is 16.6 Å². The summed E-state index contributed by atoms with van der Waals surface area (Å²) in [6.07, 6.45) is 4.04. The summed E-state index contributed by atoms with van der Waals surface area (Å²) < 4.78 is 13.4. The van der Waals surface area contributed by atoms with Gasteiger partial charge in [0.25, 0.3) is 0 Å². The zero-order valence-corrected chi connectivity index (χ0v) is 9.63.